The summed E-state index contributed by atoms with van der Waals surface area (Å²) < 4.78 is 6.14. The first-order valence-corrected chi connectivity index (χ1v) is 13.8. The summed E-state index contributed by atoms with van der Waals surface area (Å²) in [5.41, 5.74) is 3.64. The molecule has 3 N–H and O–H groups in total. The Morgan fingerprint density at radius 1 is 1.15 bits per heavy atom. The monoisotopic (exact) mass is 534 g/mol. The van der Waals surface area contributed by atoms with Gasteiger partial charge in [0.25, 0.3) is 0 Å². The third-order valence-corrected chi connectivity index (χ3v) is 7.12. The number of pyridine rings is 2. The highest BCUT2D eigenvalue weighted by Crippen LogP contribution is 2.20. The number of nitrogens with zero attached hydrogens (tertiary/aromatic N) is 4. The zero-order valence-electron chi connectivity index (χ0n) is 23.0. The molecule has 1 aliphatic rings. The van der Waals surface area contributed by atoms with Crippen LogP contribution in [0.15, 0.2) is 49.1 Å². The number of methoxy groups -OCH3 is 1. The molecule has 4 rings (SSSR count). The average molecular weight is 535 g/mol. The number of ether oxygens (including phenoxy) is 1. The molecule has 0 saturated carbocycles. The summed E-state index contributed by atoms with van der Waals surface area (Å²) in [5, 5.41) is 6.57. The number of aryl methyl sites for hydroxylation is 2. The van der Waals surface area contributed by atoms with Gasteiger partial charge in [0.15, 0.2) is 11.8 Å². The number of fused-ring (bicyclic) bond motifs is 1. The molecule has 0 bridgehead atoms. The number of H-pyrrole nitrogens is 1. The van der Waals surface area contributed by atoms with Gasteiger partial charge < -0.3 is 19.9 Å². The van der Waals surface area contributed by atoms with E-state index in [1.54, 1.807) is 51.0 Å². The minimum absolute atomic E-state index is 0.0110. The lowest BCUT2D eigenvalue weighted by Crippen LogP contribution is -2.38. The van der Waals surface area contributed by atoms with Crippen molar-refractivity contribution in [3.8, 4) is 11.3 Å². The van der Waals surface area contributed by atoms with Gasteiger partial charge in [-0.15, -0.1) is 0 Å². The second-order valence-electron chi connectivity index (χ2n) is 9.98. The van der Waals surface area contributed by atoms with Gasteiger partial charge in [-0.05, 0) is 69.3 Å². The van der Waals surface area contributed by atoms with E-state index in [0.717, 1.165) is 66.8 Å². The predicted molar refractivity (Wildman–Crippen MR) is 152 cm³/mol. The van der Waals surface area contributed by atoms with Crippen LogP contribution in [-0.4, -0.2) is 71.6 Å². The molecule has 0 radical (unpaired) electrons. The molecule has 0 amide bonds. The summed E-state index contributed by atoms with van der Waals surface area (Å²) >= 11 is 0. The Hall–Kier alpha value is -3.63. The van der Waals surface area contributed by atoms with Crippen molar-refractivity contribution in [3.05, 3.63) is 65.2 Å². The number of carbonyl (C=O) groups is 1. The van der Waals surface area contributed by atoms with Gasteiger partial charge in [0, 0.05) is 61.2 Å². The molecule has 0 unspecified atom stereocenters. The van der Waals surface area contributed by atoms with E-state index in [4.69, 9.17) is 9.72 Å². The Kier molecular flexibility index (Phi) is 10.6. The molecule has 0 aromatic carbocycles. The van der Waals surface area contributed by atoms with E-state index < -0.39 is 6.04 Å². The van der Waals surface area contributed by atoms with Crippen molar-refractivity contribution in [1.82, 2.24) is 19.9 Å². The molecule has 0 fully saturated rings. The first-order valence-electron chi connectivity index (χ1n) is 13.8. The highest BCUT2D eigenvalue weighted by molar-refractivity contribution is 5.83. The van der Waals surface area contributed by atoms with Gasteiger partial charge in [-0.3, -0.25) is 15.1 Å². The highest BCUT2D eigenvalue weighted by Gasteiger charge is 2.24. The molecule has 208 valence electrons. The largest absolute Gasteiger partial charge is 0.383 e. The number of carbonyl (C=O) groups excluding carboxylic acids is 1. The second-order valence-corrected chi connectivity index (χ2v) is 9.98. The number of hydrogen-bond donors (Lipinski definition) is 3. The summed E-state index contributed by atoms with van der Waals surface area (Å²) in [6.07, 6.45) is 12.4. The fraction of sp³-hybridized carbons (Fsp3) is 0.483. The summed E-state index contributed by atoms with van der Waals surface area (Å²) in [5.74, 6) is 1.34. The van der Waals surface area contributed by atoms with Gasteiger partial charge in [-0.25, -0.2) is 4.98 Å². The third kappa shape index (κ3) is 8.18. The number of anilines is 2. The minimum Gasteiger partial charge on any atom is -0.383 e. The van der Waals surface area contributed by atoms with Crippen LogP contribution < -0.4 is 15.1 Å². The van der Waals surface area contributed by atoms with Crippen molar-refractivity contribution >= 4 is 17.4 Å². The van der Waals surface area contributed by atoms with Crippen LogP contribution in [0, 0.1) is 4.91 Å². The molecule has 4 heterocycles. The van der Waals surface area contributed by atoms with E-state index in [-0.39, 0.29) is 5.78 Å². The minimum atomic E-state index is -0.483. The Labute approximate surface area is 229 Å². The van der Waals surface area contributed by atoms with Crippen molar-refractivity contribution in [3.63, 3.8) is 0 Å². The van der Waals surface area contributed by atoms with Gasteiger partial charge in [-0.2, -0.15) is 0 Å². The Bertz CT molecular complexity index is 1270. The molecule has 1 atom stereocenters. The molecule has 3 aromatic rings. The number of hydrogen-bond acceptors (Lipinski definition) is 8. The molecule has 0 spiro atoms. The summed E-state index contributed by atoms with van der Waals surface area (Å²) in [7, 11) is 1.70. The molecule has 10 nitrogen and oxygen atoms in total. The maximum Gasteiger partial charge on any atom is 0.336 e. The van der Waals surface area contributed by atoms with E-state index >= 15 is 0 Å². The van der Waals surface area contributed by atoms with Crippen LogP contribution in [0.25, 0.3) is 11.3 Å². The second kappa shape index (κ2) is 14.5. The lowest BCUT2D eigenvalue weighted by atomic mass is 10.1. The lowest BCUT2D eigenvalue weighted by molar-refractivity contribution is -0.466. The normalized spacial score (nSPS) is 13.5. The van der Waals surface area contributed by atoms with E-state index in [0.29, 0.717) is 31.1 Å². The fourth-order valence-electron chi connectivity index (χ4n) is 4.84. The molecule has 10 heteroatoms. The SMILES string of the molecule is COCCN(CCCCc1ccc2c(n1)NCCC2)CC[C@H](Nc1c[nH]cc(-c2ccncc2)[n+]1=O)C(C)=O. The molecule has 1 aliphatic heterocycles. The lowest BCUT2D eigenvalue weighted by Gasteiger charge is -2.23. The maximum atomic E-state index is 13.0. The maximum absolute atomic E-state index is 13.0. The van der Waals surface area contributed by atoms with Crippen molar-refractivity contribution < 1.29 is 14.0 Å². The van der Waals surface area contributed by atoms with Crippen LogP contribution >= 0.6 is 0 Å². The molecular weight excluding hydrogens is 494 g/mol. The first-order chi connectivity index (χ1) is 19.0. The van der Waals surface area contributed by atoms with Crippen LogP contribution in [0.2, 0.25) is 0 Å². The van der Waals surface area contributed by atoms with Crippen molar-refractivity contribution in [2.75, 3.05) is 50.5 Å². The van der Waals surface area contributed by atoms with E-state index in [1.165, 1.54) is 12.0 Å². The van der Waals surface area contributed by atoms with Crippen molar-refractivity contribution in [2.45, 2.75) is 51.5 Å². The summed E-state index contributed by atoms with van der Waals surface area (Å²) in [4.78, 5) is 39.7. The number of rotatable bonds is 15. The van der Waals surface area contributed by atoms with Crippen LogP contribution in [0.4, 0.5) is 11.6 Å². The number of nitrogens with one attached hydrogen (secondary N) is 3. The van der Waals surface area contributed by atoms with Crippen LogP contribution in [0.5, 0.6) is 0 Å². The first kappa shape index (κ1) is 28.4. The van der Waals surface area contributed by atoms with Gasteiger partial charge in [-0.1, -0.05) is 11.0 Å². The standard InChI is InChI=1S/C29H40N7O3/c1-22(37)26(34-28-21-31-20-27(36(28)38)23-10-14-30-15-11-23)12-17-35(18-19-39-2)16-4-3-7-25-9-8-24-6-5-13-32-29(24)33-25/h8-11,14-15,20-21,26,34H,3-7,12-13,16-19H2,1-2H3,(H,31,38)(H,32,33)/q+1/t26-/m0/s1. The van der Waals surface area contributed by atoms with Gasteiger partial charge in [0.1, 0.15) is 5.82 Å². The van der Waals surface area contributed by atoms with E-state index in [2.05, 4.69) is 37.6 Å². The zero-order valence-corrected chi connectivity index (χ0v) is 23.0. The number of Topliss-reactive ketones (excluding diaryl/α,β-unsaturated/α-hetero) is 1. The number of aromatic nitrogens is 4. The van der Waals surface area contributed by atoms with Crippen LogP contribution in [-0.2, 0) is 22.4 Å². The topological polar surface area (TPSA) is 118 Å². The van der Waals surface area contributed by atoms with Crippen molar-refractivity contribution in [2.24, 2.45) is 0 Å². The van der Waals surface area contributed by atoms with Crippen LogP contribution in [0.3, 0.4) is 0 Å². The highest BCUT2D eigenvalue weighted by atomic mass is 16.5. The molecule has 0 saturated heterocycles. The molecule has 3 aromatic heterocycles. The number of ketones is 1. The van der Waals surface area contributed by atoms with E-state index in [9.17, 15) is 9.70 Å². The predicted octanol–water partition coefficient (Wildman–Crippen LogP) is 3.48. The molecule has 39 heavy (non-hydrogen) atoms. The summed E-state index contributed by atoms with van der Waals surface area (Å²) in [6, 6.07) is 7.43. The fourth-order valence-corrected chi connectivity index (χ4v) is 4.84. The van der Waals surface area contributed by atoms with Crippen LogP contribution in [0.1, 0.15) is 43.9 Å². The Morgan fingerprint density at radius 2 is 2.00 bits per heavy atom. The Morgan fingerprint density at radius 3 is 2.79 bits per heavy atom. The molecular formula is C29H40N7O3+. The summed E-state index contributed by atoms with van der Waals surface area (Å²) in [6.45, 7) is 5.59. The van der Waals surface area contributed by atoms with Gasteiger partial charge in [0.05, 0.1) is 19.0 Å². The van der Waals surface area contributed by atoms with Gasteiger partial charge >= 0.3 is 5.82 Å². The third-order valence-electron chi connectivity index (χ3n) is 7.12. The zero-order chi connectivity index (χ0) is 27.5. The van der Waals surface area contributed by atoms with E-state index in [1.807, 2.05) is 0 Å². The molecule has 0 aliphatic carbocycles. The van der Waals surface area contributed by atoms with Crippen molar-refractivity contribution in [1.29, 1.82) is 0 Å². The van der Waals surface area contributed by atoms with Gasteiger partial charge in [0.2, 0.25) is 5.69 Å². The Balaban J connectivity index is 1.31. The quantitative estimate of drug-likeness (QED) is 0.200. The number of aromatic amines is 1. The smallest absolute Gasteiger partial charge is 0.336 e. The number of unbranched alkanes of at least 4 members (excludes halogenated alkanes) is 1. The average Bonchev–Trinajstić information content (AvgIpc) is 2.96.